The number of hydrogen-bond donors (Lipinski definition) is 4. The molecule has 180 valence electrons. The maximum Gasteiger partial charge on any atom is 0.270 e. The Hall–Kier alpha value is -3.97. The van der Waals surface area contributed by atoms with Crippen LogP contribution in [0, 0.1) is 0 Å². The Morgan fingerprint density at radius 1 is 1.06 bits per heavy atom. The highest BCUT2D eigenvalue weighted by molar-refractivity contribution is 7.93. The lowest BCUT2D eigenvalue weighted by Crippen LogP contribution is -2.15. The molecule has 4 aromatic rings. The van der Waals surface area contributed by atoms with Crippen LogP contribution in [0.2, 0.25) is 0 Å². The maximum absolute atomic E-state index is 13.2. The SMILES string of the molecule is COc1cc2c(NS(=O)(=O)c3c(OC)cccc3OC)noc2cc1Nc1cc([C@@H](C)O)[nH]n1. The van der Waals surface area contributed by atoms with Gasteiger partial charge in [0.2, 0.25) is 0 Å². The Balaban J connectivity index is 1.70. The number of aliphatic hydroxyl groups is 1. The third-order valence-electron chi connectivity index (χ3n) is 4.98. The Morgan fingerprint density at radius 2 is 1.74 bits per heavy atom. The van der Waals surface area contributed by atoms with Crippen LogP contribution >= 0.6 is 0 Å². The van der Waals surface area contributed by atoms with Gasteiger partial charge in [0, 0.05) is 12.1 Å². The molecule has 0 fully saturated rings. The van der Waals surface area contributed by atoms with E-state index in [1.807, 2.05) is 0 Å². The third-order valence-corrected chi connectivity index (χ3v) is 6.39. The first-order valence-electron chi connectivity index (χ1n) is 9.99. The largest absolute Gasteiger partial charge is 0.495 e. The van der Waals surface area contributed by atoms with Crippen molar-refractivity contribution < 1.29 is 32.3 Å². The Labute approximate surface area is 194 Å². The molecule has 0 amide bonds. The average molecular weight is 490 g/mol. The zero-order valence-corrected chi connectivity index (χ0v) is 19.6. The average Bonchev–Trinajstić information content (AvgIpc) is 3.44. The molecule has 0 radical (unpaired) electrons. The van der Waals surface area contributed by atoms with Gasteiger partial charge in [-0.1, -0.05) is 11.2 Å². The fourth-order valence-electron chi connectivity index (χ4n) is 3.32. The van der Waals surface area contributed by atoms with E-state index < -0.39 is 16.1 Å². The van der Waals surface area contributed by atoms with E-state index in [2.05, 4.69) is 25.4 Å². The van der Waals surface area contributed by atoms with Crippen molar-refractivity contribution in [2.24, 2.45) is 0 Å². The van der Waals surface area contributed by atoms with E-state index in [4.69, 9.17) is 18.7 Å². The number of H-pyrrole nitrogens is 1. The normalized spacial score (nSPS) is 12.4. The van der Waals surface area contributed by atoms with Gasteiger partial charge in [0.25, 0.3) is 10.0 Å². The van der Waals surface area contributed by atoms with Crippen molar-refractivity contribution in [1.82, 2.24) is 15.4 Å². The van der Waals surface area contributed by atoms with Crippen LogP contribution < -0.4 is 24.2 Å². The van der Waals surface area contributed by atoms with Gasteiger partial charge in [-0.15, -0.1) is 0 Å². The predicted octanol–water partition coefficient (Wildman–Crippen LogP) is 3.17. The minimum atomic E-state index is -4.16. The van der Waals surface area contributed by atoms with Crippen molar-refractivity contribution >= 4 is 38.3 Å². The number of nitrogens with zero attached hydrogens (tertiary/aromatic N) is 2. The van der Waals surface area contributed by atoms with Crippen molar-refractivity contribution in [2.75, 3.05) is 31.4 Å². The highest BCUT2D eigenvalue weighted by Crippen LogP contribution is 2.38. The summed E-state index contributed by atoms with van der Waals surface area (Å²) in [5, 5.41) is 23.8. The number of aromatic amines is 1. The van der Waals surface area contributed by atoms with Gasteiger partial charge in [-0.05, 0) is 25.1 Å². The number of aromatic nitrogens is 3. The van der Waals surface area contributed by atoms with Gasteiger partial charge in [0.1, 0.15) is 17.2 Å². The van der Waals surface area contributed by atoms with Crippen LogP contribution in [0.15, 0.2) is 45.8 Å². The van der Waals surface area contributed by atoms with Crippen molar-refractivity contribution in [2.45, 2.75) is 17.9 Å². The van der Waals surface area contributed by atoms with Crippen LogP contribution in [0.4, 0.5) is 17.3 Å². The second-order valence-corrected chi connectivity index (χ2v) is 8.81. The van der Waals surface area contributed by atoms with Crippen LogP contribution in [-0.4, -0.2) is 50.2 Å². The number of sulfonamides is 1. The van der Waals surface area contributed by atoms with Gasteiger partial charge >= 0.3 is 0 Å². The number of hydrogen-bond acceptors (Lipinski definition) is 10. The van der Waals surface area contributed by atoms with Crippen LogP contribution in [0.5, 0.6) is 17.2 Å². The van der Waals surface area contributed by atoms with Crippen molar-refractivity contribution in [3.63, 3.8) is 0 Å². The predicted molar refractivity (Wildman–Crippen MR) is 123 cm³/mol. The lowest BCUT2D eigenvalue weighted by atomic mass is 10.2. The quantitative estimate of drug-likeness (QED) is 0.275. The zero-order valence-electron chi connectivity index (χ0n) is 18.7. The van der Waals surface area contributed by atoms with Crippen molar-refractivity contribution in [3.05, 3.63) is 42.1 Å². The fraction of sp³-hybridized carbons (Fsp3) is 0.238. The third kappa shape index (κ3) is 4.30. The summed E-state index contributed by atoms with van der Waals surface area (Å²) in [6.45, 7) is 1.61. The molecular weight excluding hydrogens is 466 g/mol. The summed E-state index contributed by atoms with van der Waals surface area (Å²) in [4.78, 5) is -0.172. The van der Waals surface area contributed by atoms with E-state index in [0.29, 0.717) is 33.9 Å². The van der Waals surface area contributed by atoms with Gasteiger partial charge in [-0.3, -0.25) is 9.82 Å². The summed E-state index contributed by atoms with van der Waals surface area (Å²) in [5.41, 5.74) is 1.32. The molecule has 4 rings (SSSR count). The first kappa shape index (κ1) is 23.2. The molecule has 12 nitrogen and oxygen atoms in total. The van der Waals surface area contributed by atoms with Gasteiger partial charge in [-0.2, -0.15) is 5.10 Å². The molecule has 4 N–H and O–H groups in total. The molecule has 0 bridgehead atoms. The monoisotopic (exact) mass is 489 g/mol. The number of methoxy groups -OCH3 is 3. The first-order valence-corrected chi connectivity index (χ1v) is 11.5. The summed E-state index contributed by atoms with van der Waals surface area (Å²) in [7, 11) is 0.0334. The fourth-order valence-corrected chi connectivity index (χ4v) is 4.65. The maximum atomic E-state index is 13.2. The minimum absolute atomic E-state index is 0.0380. The number of nitrogens with one attached hydrogen (secondary N) is 3. The molecule has 0 aliphatic heterocycles. The van der Waals surface area contributed by atoms with Crippen molar-refractivity contribution in [1.29, 1.82) is 0 Å². The lowest BCUT2D eigenvalue weighted by molar-refractivity contribution is 0.194. The number of benzene rings is 2. The van der Waals surface area contributed by atoms with Crippen molar-refractivity contribution in [3.8, 4) is 17.2 Å². The molecule has 0 aliphatic rings. The number of fused-ring (bicyclic) bond motifs is 1. The van der Waals surface area contributed by atoms with E-state index in [1.165, 1.54) is 33.5 Å². The molecular formula is C21H23N5O7S. The first-order chi connectivity index (χ1) is 16.3. The topological polar surface area (TPSA) is 161 Å². The second kappa shape index (κ2) is 9.11. The molecule has 0 saturated heterocycles. The molecule has 0 aliphatic carbocycles. The van der Waals surface area contributed by atoms with Crippen LogP contribution in [-0.2, 0) is 10.0 Å². The summed E-state index contributed by atoms with van der Waals surface area (Å²) >= 11 is 0. The van der Waals surface area contributed by atoms with Gasteiger partial charge < -0.3 is 29.2 Å². The van der Waals surface area contributed by atoms with Crippen LogP contribution in [0.25, 0.3) is 11.0 Å². The molecule has 1 atom stereocenters. The van der Waals surface area contributed by atoms with Gasteiger partial charge in [0.05, 0.1) is 44.2 Å². The second-order valence-electron chi connectivity index (χ2n) is 7.19. The number of aliphatic hydroxyl groups excluding tert-OH is 1. The molecule has 34 heavy (non-hydrogen) atoms. The molecule has 0 saturated carbocycles. The van der Waals surface area contributed by atoms with Crippen LogP contribution in [0.1, 0.15) is 18.7 Å². The summed E-state index contributed by atoms with van der Waals surface area (Å²) in [6.07, 6.45) is -0.709. The Kier molecular flexibility index (Phi) is 6.22. The highest BCUT2D eigenvalue weighted by atomic mass is 32.2. The standard InChI is InChI=1S/C21H23N5O7S/c1-11(27)13-10-19(24-23-13)22-14-9-17-12(8-18(14)32-4)21(25-33-17)26-34(28,29)20-15(30-2)6-5-7-16(20)31-3/h5-11,27H,1-4H3,(H,25,26)(H2,22,23,24)/t11-/m1/s1. The summed E-state index contributed by atoms with van der Waals surface area (Å²) in [6, 6.07) is 9.46. The molecule has 2 aromatic heterocycles. The lowest BCUT2D eigenvalue weighted by Gasteiger charge is -2.14. The van der Waals surface area contributed by atoms with Gasteiger partial charge in [-0.25, -0.2) is 8.42 Å². The molecule has 2 heterocycles. The van der Waals surface area contributed by atoms with E-state index in [9.17, 15) is 13.5 Å². The number of rotatable bonds is 9. The Bertz CT molecular complexity index is 1410. The molecule has 2 aromatic carbocycles. The zero-order chi connectivity index (χ0) is 24.5. The number of anilines is 3. The smallest absolute Gasteiger partial charge is 0.270 e. The van der Waals surface area contributed by atoms with E-state index in [-0.39, 0.29) is 22.2 Å². The van der Waals surface area contributed by atoms with E-state index in [0.717, 1.165) is 0 Å². The Morgan fingerprint density at radius 3 is 2.32 bits per heavy atom. The molecule has 0 unspecified atom stereocenters. The van der Waals surface area contributed by atoms with E-state index >= 15 is 0 Å². The minimum Gasteiger partial charge on any atom is -0.495 e. The molecule has 13 heteroatoms. The number of ether oxygens (including phenoxy) is 3. The summed E-state index contributed by atoms with van der Waals surface area (Å²) in [5.74, 6) is 1.01. The summed E-state index contributed by atoms with van der Waals surface area (Å²) < 4.78 is 50.1. The van der Waals surface area contributed by atoms with Crippen LogP contribution in [0.3, 0.4) is 0 Å². The van der Waals surface area contributed by atoms with E-state index in [1.54, 1.807) is 31.2 Å². The molecule has 0 spiro atoms. The van der Waals surface area contributed by atoms with Gasteiger partial charge in [0.15, 0.2) is 22.1 Å². The highest BCUT2D eigenvalue weighted by Gasteiger charge is 2.27.